The Kier molecular flexibility index (Phi) is 2.28. The van der Waals surface area contributed by atoms with Crippen LogP contribution in [-0.4, -0.2) is 21.8 Å². The molecular weight excluding hydrogens is 280 g/mol. The van der Waals surface area contributed by atoms with E-state index in [2.05, 4.69) is 10.2 Å². The molecule has 1 aliphatic rings. The molecule has 2 aromatic carbocycles. The van der Waals surface area contributed by atoms with Gasteiger partial charge in [-0.15, -0.1) is 10.2 Å². The van der Waals surface area contributed by atoms with Crippen molar-refractivity contribution in [3.63, 3.8) is 0 Å². The van der Waals surface area contributed by atoms with Crippen LogP contribution in [0.2, 0.25) is 5.02 Å². The summed E-state index contributed by atoms with van der Waals surface area (Å²) in [7, 11) is 0. The van der Waals surface area contributed by atoms with Crippen molar-refractivity contribution >= 4 is 28.3 Å². The Morgan fingerprint density at radius 2 is 1.80 bits per heavy atom. The zero-order valence-corrected chi connectivity index (χ0v) is 11.0. The van der Waals surface area contributed by atoms with E-state index in [4.69, 9.17) is 26.8 Å². The predicted molar refractivity (Wildman–Crippen MR) is 74.4 cm³/mol. The van der Waals surface area contributed by atoms with Crippen molar-refractivity contribution in [3.05, 3.63) is 35.4 Å². The lowest BCUT2D eigenvalue weighted by atomic mass is 10.3. The lowest BCUT2D eigenvalue weighted by molar-refractivity contribution is 0.174. The van der Waals surface area contributed by atoms with Crippen molar-refractivity contribution in [1.82, 2.24) is 15.0 Å². The summed E-state index contributed by atoms with van der Waals surface area (Å²) in [6.45, 7) is 0.236. The Morgan fingerprint density at radius 3 is 2.65 bits per heavy atom. The number of benzene rings is 2. The van der Waals surface area contributed by atoms with Crippen LogP contribution < -0.4 is 15.2 Å². The molecule has 2 heterocycles. The molecule has 1 aliphatic heterocycles. The Morgan fingerprint density at radius 1 is 1.05 bits per heavy atom. The zero-order chi connectivity index (χ0) is 13.7. The van der Waals surface area contributed by atoms with Gasteiger partial charge in [0.05, 0.1) is 16.4 Å². The average Bonchev–Trinajstić information content (AvgIpc) is 3.04. The summed E-state index contributed by atoms with van der Waals surface area (Å²) in [5.41, 5.74) is 8.39. The average molecular weight is 289 g/mol. The van der Waals surface area contributed by atoms with Crippen LogP contribution in [0.25, 0.3) is 16.7 Å². The number of anilines is 1. The van der Waals surface area contributed by atoms with Gasteiger partial charge in [0.25, 0.3) is 0 Å². The number of aromatic nitrogens is 3. The highest BCUT2D eigenvalue weighted by Gasteiger charge is 2.15. The molecule has 1 aromatic heterocycles. The van der Waals surface area contributed by atoms with Crippen LogP contribution in [-0.2, 0) is 0 Å². The molecule has 0 bridgehead atoms. The first-order chi connectivity index (χ1) is 9.70. The molecule has 4 rings (SSSR count). The van der Waals surface area contributed by atoms with Crippen LogP contribution in [0, 0.1) is 0 Å². The molecule has 3 aromatic rings. The molecule has 0 saturated heterocycles. The Labute approximate surface area is 118 Å². The molecule has 2 N–H and O–H groups in total. The smallest absolute Gasteiger partial charge is 0.231 e. The van der Waals surface area contributed by atoms with Gasteiger partial charge in [0.15, 0.2) is 11.5 Å². The monoisotopic (exact) mass is 288 g/mol. The van der Waals surface area contributed by atoms with Gasteiger partial charge in [-0.2, -0.15) is 4.80 Å². The number of nitrogens with zero attached hydrogens (tertiary/aromatic N) is 3. The van der Waals surface area contributed by atoms with Gasteiger partial charge in [-0.3, -0.25) is 0 Å². The van der Waals surface area contributed by atoms with Gasteiger partial charge in [-0.25, -0.2) is 0 Å². The maximum absolute atomic E-state index is 5.98. The normalized spacial score (nSPS) is 13.1. The lowest BCUT2D eigenvalue weighted by Gasteiger charge is -2.00. The van der Waals surface area contributed by atoms with E-state index < -0.39 is 0 Å². The number of nitrogen functional groups attached to an aromatic ring is 1. The number of rotatable bonds is 1. The van der Waals surface area contributed by atoms with E-state index in [9.17, 15) is 0 Å². The fraction of sp³-hybridized carbons (Fsp3) is 0.0769. The second kappa shape index (κ2) is 4.01. The fourth-order valence-electron chi connectivity index (χ4n) is 2.08. The van der Waals surface area contributed by atoms with Gasteiger partial charge in [0.1, 0.15) is 11.0 Å². The third-order valence-electron chi connectivity index (χ3n) is 3.09. The molecule has 0 saturated carbocycles. The second-order valence-electron chi connectivity index (χ2n) is 4.39. The largest absolute Gasteiger partial charge is 0.454 e. The topological polar surface area (TPSA) is 75.2 Å². The van der Waals surface area contributed by atoms with Crippen molar-refractivity contribution < 1.29 is 9.47 Å². The van der Waals surface area contributed by atoms with E-state index >= 15 is 0 Å². The van der Waals surface area contributed by atoms with Crippen LogP contribution in [0.3, 0.4) is 0 Å². The third-order valence-corrected chi connectivity index (χ3v) is 3.41. The molecule has 0 spiro atoms. The molecule has 6 nitrogen and oxygen atoms in total. The Hall–Kier alpha value is -2.47. The van der Waals surface area contributed by atoms with Crippen molar-refractivity contribution in [3.8, 4) is 17.2 Å². The maximum Gasteiger partial charge on any atom is 0.231 e. The van der Waals surface area contributed by atoms with E-state index in [0.717, 1.165) is 11.4 Å². The SMILES string of the molecule is Nc1cc2nn(-c3ccc4c(c3)OCO4)nc2cc1Cl. The Bertz CT molecular complexity index is 792. The predicted octanol–water partition coefficient (Wildman–Crippen LogP) is 2.38. The maximum atomic E-state index is 5.98. The minimum Gasteiger partial charge on any atom is -0.454 e. The van der Waals surface area contributed by atoms with E-state index in [0.29, 0.717) is 27.5 Å². The highest BCUT2D eigenvalue weighted by atomic mass is 35.5. The molecule has 0 atom stereocenters. The van der Waals surface area contributed by atoms with Crippen LogP contribution in [0.1, 0.15) is 0 Å². The fourth-order valence-corrected chi connectivity index (χ4v) is 2.24. The van der Waals surface area contributed by atoms with Crippen LogP contribution >= 0.6 is 11.6 Å². The minimum atomic E-state index is 0.236. The summed E-state index contributed by atoms with van der Waals surface area (Å²) >= 11 is 5.98. The van der Waals surface area contributed by atoms with Gasteiger partial charge >= 0.3 is 0 Å². The van der Waals surface area contributed by atoms with Gasteiger partial charge in [0, 0.05) is 6.07 Å². The van der Waals surface area contributed by atoms with Gasteiger partial charge in [0.2, 0.25) is 6.79 Å². The standard InChI is InChI=1S/C13H9ClN4O2/c14-8-4-10-11(5-9(8)15)17-18(16-10)7-1-2-12-13(3-7)20-6-19-12/h1-5H,6,15H2. The highest BCUT2D eigenvalue weighted by Crippen LogP contribution is 2.33. The number of nitrogens with two attached hydrogens (primary N) is 1. The summed E-state index contributed by atoms with van der Waals surface area (Å²) in [5, 5.41) is 9.23. The number of fused-ring (bicyclic) bond motifs is 2. The van der Waals surface area contributed by atoms with Gasteiger partial charge < -0.3 is 15.2 Å². The van der Waals surface area contributed by atoms with E-state index in [1.165, 1.54) is 4.80 Å². The van der Waals surface area contributed by atoms with Gasteiger partial charge in [-0.1, -0.05) is 11.6 Å². The molecular formula is C13H9ClN4O2. The summed E-state index contributed by atoms with van der Waals surface area (Å²) in [4.78, 5) is 1.52. The van der Waals surface area contributed by atoms with Crippen LogP contribution in [0.5, 0.6) is 11.5 Å². The highest BCUT2D eigenvalue weighted by molar-refractivity contribution is 6.33. The molecule has 7 heteroatoms. The number of halogens is 1. The Balaban J connectivity index is 1.86. The van der Waals surface area contributed by atoms with Crippen molar-refractivity contribution in [2.24, 2.45) is 0 Å². The number of ether oxygens (including phenoxy) is 2. The first kappa shape index (κ1) is 11.4. The number of hydrogen-bond acceptors (Lipinski definition) is 5. The first-order valence-electron chi connectivity index (χ1n) is 5.93. The molecule has 0 aliphatic carbocycles. The summed E-state index contributed by atoms with van der Waals surface area (Å²) in [6, 6.07) is 8.91. The molecule has 20 heavy (non-hydrogen) atoms. The van der Waals surface area contributed by atoms with Gasteiger partial charge in [-0.05, 0) is 24.3 Å². The lowest BCUT2D eigenvalue weighted by Crippen LogP contribution is -1.98. The molecule has 100 valence electrons. The minimum absolute atomic E-state index is 0.236. The van der Waals surface area contributed by atoms with Crippen molar-refractivity contribution in [2.75, 3.05) is 12.5 Å². The molecule has 0 radical (unpaired) electrons. The summed E-state index contributed by atoms with van der Waals surface area (Å²) in [6.07, 6.45) is 0. The second-order valence-corrected chi connectivity index (χ2v) is 4.80. The van der Waals surface area contributed by atoms with E-state index in [1.54, 1.807) is 12.1 Å². The molecule has 0 unspecified atom stereocenters. The first-order valence-corrected chi connectivity index (χ1v) is 6.30. The van der Waals surface area contributed by atoms with Crippen molar-refractivity contribution in [1.29, 1.82) is 0 Å². The molecule has 0 amide bonds. The van der Waals surface area contributed by atoms with Crippen molar-refractivity contribution in [2.45, 2.75) is 0 Å². The molecule has 0 fully saturated rings. The van der Waals surface area contributed by atoms with Crippen LogP contribution in [0.4, 0.5) is 5.69 Å². The quantitative estimate of drug-likeness (QED) is 0.696. The summed E-state index contributed by atoms with van der Waals surface area (Å²) in [5.74, 6) is 1.40. The van der Waals surface area contributed by atoms with E-state index in [-0.39, 0.29) is 6.79 Å². The summed E-state index contributed by atoms with van der Waals surface area (Å²) < 4.78 is 10.6. The van der Waals surface area contributed by atoms with E-state index in [1.807, 2.05) is 18.2 Å². The zero-order valence-electron chi connectivity index (χ0n) is 10.2. The third kappa shape index (κ3) is 1.65. The van der Waals surface area contributed by atoms with Crippen LogP contribution in [0.15, 0.2) is 30.3 Å². The number of hydrogen-bond donors (Lipinski definition) is 1.